The standard InChI is InChI=1S/C19H29ClN2O2S/c20-19-7-5-6-18(14-19)16-25(23,24)22-12-8-17(9-13-22)15-21-10-3-1-2-4-11-21/h5-7,14,17H,1-4,8-13,15-16H2. The molecule has 0 saturated carbocycles. The van der Waals surface area contributed by atoms with Crippen molar-refractivity contribution in [3.63, 3.8) is 0 Å². The van der Waals surface area contributed by atoms with Gasteiger partial charge < -0.3 is 4.90 Å². The van der Waals surface area contributed by atoms with E-state index in [0.717, 1.165) is 24.9 Å². The molecule has 1 aromatic carbocycles. The molecule has 0 radical (unpaired) electrons. The van der Waals surface area contributed by atoms with Crippen LogP contribution in [0.2, 0.25) is 5.02 Å². The molecule has 0 amide bonds. The van der Waals surface area contributed by atoms with E-state index in [1.54, 1.807) is 22.5 Å². The van der Waals surface area contributed by atoms with Crippen LogP contribution < -0.4 is 0 Å². The van der Waals surface area contributed by atoms with Crippen LogP contribution in [0.3, 0.4) is 0 Å². The van der Waals surface area contributed by atoms with Crippen LogP contribution in [0, 0.1) is 5.92 Å². The van der Waals surface area contributed by atoms with Crippen LogP contribution in [0.25, 0.3) is 0 Å². The average molecular weight is 385 g/mol. The molecule has 4 nitrogen and oxygen atoms in total. The van der Waals surface area contributed by atoms with Gasteiger partial charge in [-0.1, -0.05) is 36.6 Å². The van der Waals surface area contributed by atoms with Crippen molar-refractivity contribution >= 4 is 21.6 Å². The van der Waals surface area contributed by atoms with E-state index in [0.29, 0.717) is 24.0 Å². The monoisotopic (exact) mass is 384 g/mol. The second-order valence-corrected chi connectivity index (χ2v) is 9.85. The summed E-state index contributed by atoms with van der Waals surface area (Å²) < 4.78 is 27.0. The van der Waals surface area contributed by atoms with Gasteiger partial charge in [-0.15, -0.1) is 0 Å². The quantitative estimate of drug-likeness (QED) is 0.776. The van der Waals surface area contributed by atoms with Crippen LogP contribution in [0.1, 0.15) is 44.1 Å². The molecular weight excluding hydrogens is 356 g/mol. The van der Waals surface area contributed by atoms with Gasteiger partial charge in [-0.25, -0.2) is 12.7 Å². The molecule has 0 aliphatic carbocycles. The van der Waals surface area contributed by atoms with Crippen molar-refractivity contribution in [3.8, 4) is 0 Å². The average Bonchev–Trinajstić information content (AvgIpc) is 2.84. The third kappa shape index (κ3) is 5.68. The summed E-state index contributed by atoms with van der Waals surface area (Å²) in [4.78, 5) is 2.59. The molecule has 0 unspecified atom stereocenters. The van der Waals surface area contributed by atoms with Gasteiger partial charge in [0.05, 0.1) is 5.75 Å². The van der Waals surface area contributed by atoms with Crippen molar-refractivity contribution < 1.29 is 8.42 Å². The van der Waals surface area contributed by atoms with E-state index in [9.17, 15) is 8.42 Å². The van der Waals surface area contributed by atoms with Gasteiger partial charge in [-0.2, -0.15) is 0 Å². The van der Waals surface area contributed by atoms with Gasteiger partial charge in [-0.3, -0.25) is 0 Å². The zero-order valence-electron chi connectivity index (χ0n) is 14.9. The molecule has 0 atom stereocenters. The van der Waals surface area contributed by atoms with Crippen LogP contribution in [0.5, 0.6) is 0 Å². The van der Waals surface area contributed by atoms with Crippen LogP contribution in [0.15, 0.2) is 24.3 Å². The summed E-state index contributed by atoms with van der Waals surface area (Å²) in [6, 6.07) is 7.15. The van der Waals surface area contributed by atoms with Gasteiger partial charge in [0.1, 0.15) is 0 Å². The van der Waals surface area contributed by atoms with Crippen molar-refractivity contribution in [2.24, 2.45) is 5.92 Å². The topological polar surface area (TPSA) is 40.6 Å². The molecule has 2 aliphatic heterocycles. The summed E-state index contributed by atoms with van der Waals surface area (Å²) in [6.07, 6.45) is 7.30. The van der Waals surface area contributed by atoms with Crippen LogP contribution >= 0.6 is 11.6 Å². The maximum absolute atomic E-state index is 12.7. The molecule has 25 heavy (non-hydrogen) atoms. The summed E-state index contributed by atoms with van der Waals surface area (Å²) in [7, 11) is -3.25. The first-order chi connectivity index (χ1) is 12.0. The number of rotatable bonds is 5. The zero-order chi connectivity index (χ0) is 17.7. The van der Waals surface area contributed by atoms with Crippen molar-refractivity contribution in [1.82, 2.24) is 9.21 Å². The fraction of sp³-hybridized carbons (Fsp3) is 0.684. The second kappa shape index (κ2) is 8.85. The Morgan fingerprint density at radius 3 is 2.32 bits per heavy atom. The van der Waals surface area contributed by atoms with Gasteiger partial charge in [0.15, 0.2) is 0 Å². The van der Waals surface area contributed by atoms with Crippen molar-refractivity contribution in [1.29, 1.82) is 0 Å². The first kappa shape index (κ1) is 19.2. The number of halogens is 1. The first-order valence-electron chi connectivity index (χ1n) is 9.47. The highest BCUT2D eigenvalue weighted by atomic mass is 35.5. The minimum Gasteiger partial charge on any atom is -0.303 e. The fourth-order valence-electron chi connectivity index (χ4n) is 3.98. The lowest BCUT2D eigenvalue weighted by molar-refractivity contribution is 0.186. The molecule has 3 rings (SSSR count). The number of hydrogen-bond donors (Lipinski definition) is 0. The summed E-state index contributed by atoms with van der Waals surface area (Å²) in [5.41, 5.74) is 0.763. The minimum absolute atomic E-state index is 0.0460. The normalized spacial score (nSPS) is 22.0. The molecule has 0 N–H and O–H groups in total. The largest absolute Gasteiger partial charge is 0.303 e. The highest BCUT2D eigenvalue weighted by molar-refractivity contribution is 7.88. The Hall–Kier alpha value is -0.620. The number of nitrogens with zero attached hydrogens (tertiary/aromatic N) is 2. The molecular formula is C19H29ClN2O2S. The molecule has 0 bridgehead atoms. The summed E-state index contributed by atoms with van der Waals surface area (Å²) in [5.74, 6) is 0.681. The van der Waals surface area contributed by atoms with Crippen LogP contribution in [0.4, 0.5) is 0 Å². The van der Waals surface area contributed by atoms with Gasteiger partial charge in [0, 0.05) is 24.7 Å². The summed E-state index contributed by atoms with van der Waals surface area (Å²) in [6.45, 7) is 4.88. The van der Waals surface area contributed by atoms with E-state index < -0.39 is 10.0 Å². The maximum Gasteiger partial charge on any atom is 0.218 e. The van der Waals surface area contributed by atoms with Crippen molar-refractivity contribution in [2.45, 2.75) is 44.3 Å². The molecule has 2 aliphatic rings. The molecule has 0 spiro atoms. The summed E-state index contributed by atoms with van der Waals surface area (Å²) in [5, 5.41) is 0.587. The smallest absolute Gasteiger partial charge is 0.218 e. The van der Waals surface area contributed by atoms with E-state index >= 15 is 0 Å². The minimum atomic E-state index is -3.25. The Morgan fingerprint density at radius 2 is 1.68 bits per heavy atom. The zero-order valence-corrected chi connectivity index (χ0v) is 16.4. The Balaban J connectivity index is 1.50. The number of likely N-dealkylation sites (tertiary alicyclic amines) is 1. The lowest BCUT2D eigenvalue weighted by Crippen LogP contribution is -2.42. The van der Waals surface area contributed by atoms with Crippen molar-refractivity contribution in [3.05, 3.63) is 34.9 Å². The fourth-order valence-corrected chi connectivity index (χ4v) is 5.75. The van der Waals surface area contributed by atoms with Gasteiger partial charge in [-0.05, 0) is 62.4 Å². The number of benzene rings is 1. The SMILES string of the molecule is O=S(=O)(Cc1cccc(Cl)c1)N1CCC(CN2CCCCCC2)CC1. The first-order valence-corrected chi connectivity index (χ1v) is 11.5. The molecule has 1 aromatic rings. The van der Waals surface area contributed by atoms with E-state index in [1.807, 2.05) is 6.07 Å². The lowest BCUT2D eigenvalue weighted by Gasteiger charge is -2.34. The predicted octanol–water partition coefficient (Wildman–Crippen LogP) is 3.76. The predicted molar refractivity (Wildman–Crippen MR) is 103 cm³/mol. The number of sulfonamides is 1. The van der Waals surface area contributed by atoms with Crippen LogP contribution in [-0.4, -0.2) is 50.3 Å². The Morgan fingerprint density at radius 1 is 1.00 bits per heavy atom. The van der Waals surface area contributed by atoms with Gasteiger partial charge in [0.25, 0.3) is 0 Å². The molecule has 140 valence electrons. The third-order valence-electron chi connectivity index (χ3n) is 5.42. The third-order valence-corrected chi connectivity index (χ3v) is 7.51. The van der Waals surface area contributed by atoms with E-state index in [2.05, 4.69) is 4.90 Å². The van der Waals surface area contributed by atoms with Crippen molar-refractivity contribution in [2.75, 3.05) is 32.7 Å². The Kier molecular flexibility index (Phi) is 6.78. The summed E-state index contributed by atoms with van der Waals surface area (Å²) >= 11 is 5.97. The highest BCUT2D eigenvalue weighted by Gasteiger charge is 2.29. The molecule has 2 saturated heterocycles. The Labute approximate surface area is 157 Å². The van der Waals surface area contributed by atoms with E-state index in [-0.39, 0.29) is 5.75 Å². The highest BCUT2D eigenvalue weighted by Crippen LogP contribution is 2.24. The molecule has 6 heteroatoms. The number of piperidine rings is 1. The van der Waals surface area contributed by atoms with E-state index in [4.69, 9.17) is 11.6 Å². The van der Waals surface area contributed by atoms with E-state index in [1.165, 1.54) is 38.8 Å². The molecule has 0 aromatic heterocycles. The molecule has 2 heterocycles. The second-order valence-electron chi connectivity index (χ2n) is 7.44. The number of hydrogen-bond acceptors (Lipinski definition) is 3. The Bertz CT molecular complexity index is 649. The van der Waals surface area contributed by atoms with Gasteiger partial charge in [0.2, 0.25) is 10.0 Å². The van der Waals surface area contributed by atoms with Crippen LogP contribution in [-0.2, 0) is 15.8 Å². The maximum atomic E-state index is 12.7. The van der Waals surface area contributed by atoms with Gasteiger partial charge >= 0.3 is 0 Å². The lowest BCUT2D eigenvalue weighted by atomic mass is 9.97. The molecule has 2 fully saturated rings.